The number of ether oxygens (including phenoxy) is 1. The molecule has 0 aliphatic heterocycles. The molecule has 21 heavy (non-hydrogen) atoms. The third kappa shape index (κ3) is 4.06. The fourth-order valence-electron chi connectivity index (χ4n) is 2.37. The fraction of sp³-hybridized carbons (Fsp3) is 0.438. The van der Waals surface area contributed by atoms with Gasteiger partial charge >= 0.3 is 0 Å². The highest BCUT2D eigenvalue weighted by molar-refractivity contribution is 6.31. The van der Waals surface area contributed by atoms with Crippen LogP contribution in [0.4, 0.5) is 0 Å². The second-order valence-electron chi connectivity index (χ2n) is 5.12. The number of nitrogens with zero attached hydrogens (tertiary/aromatic N) is 2. The Morgan fingerprint density at radius 1 is 1.33 bits per heavy atom. The molecule has 1 heterocycles. The van der Waals surface area contributed by atoms with Gasteiger partial charge in [0.1, 0.15) is 0 Å². The Kier molecular flexibility index (Phi) is 5.79. The van der Waals surface area contributed by atoms with E-state index in [1.807, 2.05) is 11.7 Å². The zero-order valence-corrected chi connectivity index (χ0v) is 13.5. The third-order valence-corrected chi connectivity index (χ3v) is 3.87. The van der Waals surface area contributed by atoms with E-state index in [1.54, 1.807) is 13.3 Å². The van der Waals surface area contributed by atoms with E-state index in [4.69, 9.17) is 16.3 Å². The molecule has 0 radical (unpaired) electrons. The first-order valence-corrected chi connectivity index (χ1v) is 7.46. The van der Waals surface area contributed by atoms with Crippen molar-refractivity contribution in [1.82, 2.24) is 15.1 Å². The van der Waals surface area contributed by atoms with Crippen molar-refractivity contribution in [3.63, 3.8) is 0 Å². The molecule has 1 aromatic carbocycles. The molecule has 1 atom stereocenters. The van der Waals surface area contributed by atoms with Crippen LogP contribution in [0.25, 0.3) is 0 Å². The first kappa shape index (κ1) is 16.0. The van der Waals surface area contributed by atoms with Gasteiger partial charge in [-0.2, -0.15) is 5.10 Å². The molecule has 1 aromatic heterocycles. The van der Waals surface area contributed by atoms with Crippen molar-refractivity contribution >= 4 is 11.6 Å². The van der Waals surface area contributed by atoms with Crippen LogP contribution < -0.4 is 5.32 Å². The van der Waals surface area contributed by atoms with Gasteiger partial charge in [0.05, 0.1) is 36.1 Å². The van der Waals surface area contributed by atoms with Crippen molar-refractivity contribution in [1.29, 1.82) is 0 Å². The number of hydrogen-bond donors (Lipinski definition) is 1. The smallest absolute Gasteiger partial charge is 0.0834 e. The van der Waals surface area contributed by atoms with Crippen molar-refractivity contribution < 1.29 is 4.74 Å². The van der Waals surface area contributed by atoms with Crippen molar-refractivity contribution in [2.24, 2.45) is 0 Å². The van der Waals surface area contributed by atoms with Gasteiger partial charge in [-0.25, -0.2) is 0 Å². The quantitative estimate of drug-likeness (QED) is 0.854. The zero-order chi connectivity index (χ0) is 15.2. The van der Waals surface area contributed by atoms with Crippen LogP contribution in [0.5, 0.6) is 0 Å². The average molecular weight is 308 g/mol. The summed E-state index contributed by atoms with van der Waals surface area (Å²) in [6.07, 6.45) is 2.57. The van der Waals surface area contributed by atoms with Crippen LogP contribution in [0.1, 0.15) is 22.9 Å². The number of hydrogen-bond acceptors (Lipinski definition) is 3. The van der Waals surface area contributed by atoms with Gasteiger partial charge in [-0.1, -0.05) is 41.4 Å². The molecule has 0 saturated carbocycles. The Labute approximate surface area is 131 Å². The van der Waals surface area contributed by atoms with Gasteiger partial charge in [0, 0.05) is 7.11 Å². The van der Waals surface area contributed by atoms with Crippen LogP contribution in [0.2, 0.25) is 5.02 Å². The van der Waals surface area contributed by atoms with Crippen molar-refractivity contribution in [2.45, 2.75) is 25.9 Å². The molecule has 1 N–H and O–H groups in total. The molecule has 1 unspecified atom stereocenters. The highest BCUT2D eigenvalue weighted by Crippen LogP contribution is 2.25. The summed E-state index contributed by atoms with van der Waals surface area (Å²) in [7, 11) is 3.63. The number of likely N-dealkylation sites (N-methyl/N-ethyl adjacent to an activating group) is 1. The number of rotatable bonds is 7. The molecule has 2 aromatic rings. The van der Waals surface area contributed by atoms with E-state index >= 15 is 0 Å². The highest BCUT2D eigenvalue weighted by Gasteiger charge is 2.19. The lowest BCUT2D eigenvalue weighted by atomic mass is 10.0. The average Bonchev–Trinajstić information content (AvgIpc) is 2.85. The third-order valence-electron chi connectivity index (χ3n) is 3.58. The Morgan fingerprint density at radius 2 is 2.05 bits per heavy atom. The predicted octanol–water partition coefficient (Wildman–Crippen LogP) is 2.99. The second kappa shape index (κ2) is 7.59. The monoisotopic (exact) mass is 307 g/mol. The molecule has 4 nitrogen and oxygen atoms in total. The summed E-state index contributed by atoms with van der Waals surface area (Å²) in [4.78, 5) is 0. The lowest BCUT2D eigenvalue weighted by molar-refractivity contribution is 0.181. The maximum atomic E-state index is 6.32. The number of aryl methyl sites for hydroxylation is 1. The van der Waals surface area contributed by atoms with Crippen molar-refractivity contribution in [3.8, 4) is 0 Å². The van der Waals surface area contributed by atoms with Crippen LogP contribution in [0.3, 0.4) is 0 Å². The molecule has 0 bridgehead atoms. The summed E-state index contributed by atoms with van der Waals surface area (Å²) in [5, 5.41) is 8.37. The number of benzene rings is 1. The lowest BCUT2D eigenvalue weighted by Crippen LogP contribution is -2.23. The molecular formula is C16H22ClN3O. The highest BCUT2D eigenvalue weighted by atomic mass is 35.5. The van der Waals surface area contributed by atoms with Gasteiger partial charge in [-0.15, -0.1) is 0 Å². The summed E-state index contributed by atoms with van der Waals surface area (Å²) in [5.74, 6) is 0. The summed E-state index contributed by atoms with van der Waals surface area (Å²) < 4.78 is 7.05. The minimum atomic E-state index is 0.125. The largest absolute Gasteiger partial charge is 0.383 e. The van der Waals surface area contributed by atoms with Crippen LogP contribution in [-0.2, 0) is 17.7 Å². The standard InChI is InChI=1S/C16H22ClN3O/c1-12-4-6-13(7-5-12)10-15(18-2)16-14(17)11-19-20(16)8-9-21-3/h4-7,11,15,18H,8-10H2,1-3H3. The van der Waals surface area contributed by atoms with Crippen LogP contribution in [0.15, 0.2) is 30.5 Å². The maximum absolute atomic E-state index is 6.32. The second-order valence-corrected chi connectivity index (χ2v) is 5.53. The van der Waals surface area contributed by atoms with Crippen LogP contribution in [-0.4, -0.2) is 30.5 Å². The molecule has 5 heteroatoms. The minimum Gasteiger partial charge on any atom is -0.383 e. The normalized spacial score (nSPS) is 12.6. The number of nitrogens with one attached hydrogen (secondary N) is 1. The summed E-state index contributed by atoms with van der Waals surface area (Å²) in [6.45, 7) is 3.41. The molecule has 2 rings (SSSR count). The zero-order valence-electron chi connectivity index (χ0n) is 12.8. The van der Waals surface area contributed by atoms with E-state index in [0.717, 1.165) is 12.1 Å². The minimum absolute atomic E-state index is 0.125. The molecule has 114 valence electrons. The van der Waals surface area contributed by atoms with E-state index in [-0.39, 0.29) is 6.04 Å². The van der Waals surface area contributed by atoms with Gasteiger partial charge in [-0.3, -0.25) is 4.68 Å². The topological polar surface area (TPSA) is 39.1 Å². The Balaban J connectivity index is 2.20. The molecule has 0 spiro atoms. The molecule has 0 aliphatic rings. The summed E-state index contributed by atoms with van der Waals surface area (Å²) in [6, 6.07) is 8.70. The van der Waals surface area contributed by atoms with Gasteiger partial charge in [0.15, 0.2) is 0 Å². The van der Waals surface area contributed by atoms with Crippen molar-refractivity contribution in [2.75, 3.05) is 20.8 Å². The van der Waals surface area contributed by atoms with Gasteiger partial charge < -0.3 is 10.1 Å². The Bertz CT molecular complexity index is 565. The number of methoxy groups -OCH3 is 1. The van der Waals surface area contributed by atoms with E-state index < -0.39 is 0 Å². The van der Waals surface area contributed by atoms with E-state index in [0.29, 0.717) is 18.2 Å². The van der Waals surface area contributed by atoms with Crippen LogP contribution >= 0.6 is 11.6 Å². The molecule has 0 aliphatic carbocycles. The molecule has 0 saturated heterocycles. The predicted molar refractivity (Wildman–Crippen MR) is 85.8 cm³/mol. The fourth-order valence-corrected chi connectivity index (χ4v) is 2.64. The molecule has 0 fully saturated rings. The summed E-state index contributed by atoms with van der Waals surface area (Å²) in [5.41, 5.74) is 3.55. The van der Waals surface area contributed by atoms with Gasteiger partial charge in [-0.05, 0) is 26.0 Å². The SMILES string of the molecule is CNC(Cc1ccc(C)cc1)c1c(Cl)cnn1CCOC. The number of aromatic nitrogens is 2. The van der Waals surface area contributed by atoms with Crippen molar-refractivity contribution in [3.05, 3.63) is 52.3 Å². The van der Waals surface area contributed by atoms with Crippen LogP contribution in [0, 0.1) is 6.92 Å². The first-order valence-electron chi connectivity index (χ1n) is 7.08. The van der Waals surface area contributed by atoms with E-state index in [9.17, 15) is 0 Å². The molecule has 0 amide bonds. The number of halogens is 1. The van der Waals surface area contributed by atoms with E-state index in [2.05, 4.69) is 41.6 Å². The summed E-state index contributed by atoms with van der Waals surface area (Å²) >= 11 is 6.32. The lowest BCUT2D eigenvalue weighted by Gasteiger charge is -2.19. The Morgan fingerprint density at radius 3 is 2.67 bits per heavy atom. The van der Waals surface area contributed by atoms with Gasteiger partial charge in [0.25, 0.3) is 0 Å². The first-order chi connectivity index (χ1) is 10.2. The van der Waals surface area contributed by atoms with Gasteiger partial charge in [0.2, 0.25) is 0 Å². The Hall–Kier alpha value is -1.36. The molecular weight excluding hydrogens is 286 g/mol. The maximum Gasteiger partial charge on any atom is 0.0834 e. The van der Waals surface area contributed by atoms with E-state index in [1.165, 1.54) is 11.1 Å².